The summed E-state index contributed by atoms with van der Waals surface area (Å²) in [5.41, 5.74) is 0. The molecule has 1 aliphatic rings. The molecule has 1 heterocycles. The van der Waals surface area contributed by atoms with Gasteiger partial charge in [0, 0.05) is 13.2 Å². The summed E-state index contributed by atoms with van der Waals surface area (Å²) in [5, 5.41) is 11.4. The summed E-state index contributed by atoms with van der Waals surface area (Å²) in [4.78, 5) is 10.2. The Balaban J connectivity index is 1.86. The minimum atomic E-state index is -0.746. The first kappa shape index (κ1) is 10.5. The average molecular weight is 187 g/mol. The fourth-order valence-electron chi connectivity index (χ4n) is 1.46. The van der Waals surface area contributed by atoms with Crippen molar-refractivity contribution < 1.29 is 14.6 Å². The monoisotopic (exact) mass is 187 g/mol. The lowest BCUT2D eigenvalue weighted by Crippen LogP contribution is -2.22. The molecule has 1 unspecified atom stereocenters. The molecular weight excluding hydrogens is 170 g/mol. The summed E-state index contributed by atoms with van der Waals surface area (Å²) < 4.78 is 5.42. The first-order valence-corrected chi connectivity index (χ1v) is 4.83. The van der Waals surface area contributed by atoms with Crippen LogP contribution in [-0.2, 0) is 9.53 Å². The molecule has 1 fully saturated rings. The summed E-state index contributed by atoms with van der Waals surface area (Å²) in [7, 11) is 0. The first-order chi connectivity index (χ1) is 6.29. The van der Waals surface area contributed by atoms with Gasteiger partial charge in [0.2, 0.25) is 0 Å². The highest BCUT2D eigenvalue weighted by molar-refractivity contribution is 5.66. The molecule has 0 aliphatic carbocycles. The molecule has 1 rings (SSSR count). The van der Waals surface area contributed by atoms with Gasteiger partial charge in [0.25, 0.3) is 0 Å². The van der Waals surface area contributed by atoms with E-state index in [2.05, 4.69) is 5.32 Å². The Hall–Kier alpha value is -0.610. The first-order valence-electron chi connectivity index (χ1n) is 4.83. The molecule has 0 amide bonds. The molecule has 1 atom stereocenters. The third-order valence-electron chi connectivity index (χ3n) is 2.18. The van der Waals surface area contributed by atoms with Gasteiger partial charge < -0.3 is 15.2 Å². The van der Waals surface area contributed by atoms with Crippen molar-refractivity contribution in [2.45, 2.75) is 31.8 Å². The predicted octanol–water partition coefficient (Wildman–Crippen LogP) is 0.620. The van der Waals surface area contributed by atoms with E-state index >= 15 is 0 Å². The van der Waals surface area contributed by atoms with Crippen molar-refractivity contribution in [1.29, 1.82) is 0 Å². The Labute approximate surface area is 78.3 Å². The lowest BCUT2D eigenvalue weighted by Gasteiger charge is -2.08. The third-order valence-corrected chi connectivity index (χ3v) is 2.18. The fraction of sp³-hybridized carbons (Fsp3) is 0.889. The maximum atomic E-state index is 10.2. The van der Waals surface area contributed by atoms with Crippen molar-refractivity contribution in [2.75, 3.05) is 19.7 Å². The second-order valence-corrected chi connectivity index (χ2v) is 3.32. The molecule has 1 saturated heterocycles. The minimum Gasteiger partial charge on any atom is -0.481 e. The molecule has 2 N–H and O–H groups in total. The SMILES string of the molecule is O=C(O)CCNCCC1CCCO1. The zero-order valence-corrected chi connectivity index (χ0v) is 7.79. The van der Waals surface area contributed by atoms with E-state index in [1.807, 2.05) is 0 Å². The Kier molecular flexibility index (Phi) is 4.78. The molecule has 4 heteroatoms. The highest BCUT2D eigenvalue weighted by atomic mass is 16.5. The lowest BCUT2D eigenvalue weighted by molar-refractivity contribution is -0.136. The number of ether oxygens (including phenoxy) is 1. The van der Waals surface area contributed by atoms with Gasteiger partial charge in [-0.15, -0.1) is 0 Å². The van der Waals surface area contributed by atoms with E-state index in [0.717, 1.165) is 26.0 Å². The molecule has 0 spiro atoms. The Morgan fingerprint density at radius 3 is 3.00 bits per heavy atom. The standard InChI is InChI=1S/C9H17NO3/c11-9(12)4-6-10-5-3-8-2-1-7-13-8/h8,10H,1-7H2,(H,11,12). The molecule has 76 valence electrons. The molecule has 4 nitrogen and oxygen atoms in total. The fourth-order valence-corrected chi connectivity index (χ4v) is 1.46. The van der Waals surface area contributed by atoms with Crippen LogP contribution in [0.4, 0.5) is 0 Å². The van der Waals surface area contributed by atoms with Crippen molar-refractivity contribution in [3.63, 3.8) is 0 Å². The predicted molar refractivity (Wildman–Crippen MR) is 48.7 cm³/mol. The summed E-state index contributed by atoms with van der Waals surface area (Å²) in [6.45, 7) is 2.31. The number of carbonyl (C=O) groups is 1. The molecule has 0 saturated carbocycles. The van der Waals surface area contributed by atoms with E-state index in [1.165, 1.54) is 6.42 Å². The van der Waals surface area contributed by atoms with Gasteiger partial charge in [0.15, 0.2) is 0 Å². The van der Waals surface area contributed by atoms with Crippen molar-refractivity contribution in [2.24, 2.45) is 0 Å². The second kappa shape index (κ2) is 5.94. The van der Waals surface area contributed by atoms with Crippen LogP contribution in [-0.4, -0.2) is 36.9 Å². The molecule has 13 heavy (non-hydrogen) atoms. The van der Waals surface area contributed by atoms with Crippen LogP contribution in [0.25, 0.3) is 0 Å². The van der Waals surface area contributed by atoms with Gasteiger partial charge in [-0.05, 0) is 25.8 Å². The van der Waals surface area contributed by atoms with Crippen molar-refractivity contribution in [3.05, 3.63) is 0 Å². The van der Waals surface area contributed by atoms with E-state index in [-0.39, 0.29) is 6.42 Å². The molecular formula is C9H17NO3. The van der Waals surface area contributed by atoms with Gasteiger partial charge in [-0.2, -0.15) is 0 Å². The van der Waals surface area contributed by atoms with Crippen molar-refractivity contribution >= 4 is 5.97 Å². The molecule has 1 aliphatic heterocycles. The van der Waals surface area contributed by atoms with Crippen LogP contribution >= 0.6 is 0 Å². The van der Waals surface area contributed by atoms with Crippen molar-refractivity contribution in [1.82, 2.24) is 5.32 Å². The Bertz CT molecular complexity index is 155. The van der Waals surface area contributed by atoms with Crippen LogP contribution in [0.1, 0.15) is 25.7 Å². The van der Waals surface area contributed by atoms with Gasteiger partial charge in [-0.3, -0.25) is 4.79 Å². The quantitative estimate of drug-likeness (QED) is 0.598. The van der Waals surface area contributed by atoms with Crippen LogP contribution < -0.4 is 5.32 Å². The van der Waals surface area contributed by atoms with Crippen LogP contribution in [0.15, 0.2) is 0 Å². The summed E-state index contributed by atoms with van der Waals surface area (Å²) in [5.74, 6) is -0.746. The van der Waals surface area contributed by atoms with Crippen LogP contribution in [0.2, 0.25) is 0 Å². The number of nitrogens with one attached hydrogen (secondary N) is 1. The normalized spacial score (nSPS) is 22.0. The van der Waals surface area contributed by atoms with E-state index in [1.54, 1.807) is 0 Å². The smallest absolute Gasteiger partial charge is 0.304 e. The molecule has 0 aromatic rings. The number of hydrogen-bond acceptors (Lipinski definition) is 3. The maximum Gasteiger partial charge on any atom is 0.304 e. The highest BCUT2D eigenvalue weighted by Gasteiger charge is 2.14. The minimum absolute atomic E-state index is 0.200. The largest absolute Gasteiger partial charge is 0.481 e. The van der Waals surface area contributed by atoms with Crippen LogP contribution in [0, 0.1) is 0 Å². The van der Waals surface area contributed by atoms with E-state index < -0.39 is 5.97 Å². The average Bonchev–Trinajstić information content (AvgIpc) is 2.55. The van der Waals surface area contributed by atoms with Gasteiger partial charge in [-0.1, -0.05) is 0 Å². The molecule has 0 aromatic carbocycles. The molecule has 0 bridgehead atoms. The number of aliphatic carboxylic acids is 1. The number of hydrogen-bond donors (Lipinski definition) is 2. The summed E-state index contributed by atoms with van der Waals surface area (Å²) in [6.07, 6.45) is 3.92. The van der Waals surface area contributed by atoms with Crippen LogP contribution in [0.5, 0.6) is 0 Å². The van der Waals surface area contributed by atoms with E-state index in [0.29, 0.717) is 12.6 Å². The highest BCUT2D eigenvalue weighted by Crippen LogP contribution is 2.14. The van der Waals surface area contributed by atoms with Gasteiger partial charge in [-0.25, -0.2) is 0 Å². The van der Waals surface area contributed by atoms with E-state index in [9.17, 15) is 4.79 Å². The zero-order valence-electron chi connectivity index (χ0n) is 7.79. The molecule has 0 aromatic heterocycles. The topological polar surface area (TPSA) is 58.6 Å². The van der Waals surface area contributed by atoms with Crippen LogP contribution in [0.3, 0.4) is 0 Å². The lowest BCUT2D eigenvalue weighted by atomic mass is 10.2. The molecule has 0 radical (unpaired) electrons. The summed E-state index contributed by atoms with van der Waals surface area (Å²) in [6, 6.07) is 0. The van der Waals surface area contributed by atoms with Crippen molar-refractivity contribution in [3.8, 4) is 0 Å². The third kappa shape index (κ3) is 4.85. The van der Waals surface area contributed by atoms with Gasteiger partial charge >= 0.3 is 5.97 Å². The number of carboxylic acid groups (broad SMARTS) is 1. The second-order valence-electron chi connectivity index (χ2n) is 3.32. The Morgan fingerprint density at radius 2 is 2.38 bits per heavy atom. The number of carboxylic acids is 1. The maximum absolute atomic E-state index is 10.2. The van der Waals surface area contributed by atoms with E-state index in [4.69, 9.17) is 9.84 Å². The Morgan fingerprint density at radius 1 is 1.54 bits per heavy atom. The van der Waals surface area contributed by atoms with Gasteiger partial charge in [0.05, 0.1) is 12.5 Å². The summed E-state index contributed by atoms with van der Waals surface area (Å²) >= 11 is 0. The van der Waals surface area contributed by atoms with Gasteiger partial charge in [0.1, 0.15) is 0 Å². The zero-order chi connectivity index (χ0) is 9.52. The number of rotatable bonds is 6.